The van der Waals surface area contributed by atoms with Gasteiger partial charge in [-0.25, -0.2) is 4.39 Å². The average molecular weight is 318 g/mol. The second kappa shape index (κ2) is 6.29. The number of halogens is 6. The molecule has 1 rings (SSSR count). The van der Waals surface area contributed by atoms with Gasteiger partial charge in [0.05, 0.1) is 11.4 Å². The normalized spacial score (nSPS) is 15.4. The molecule has 0 aliphatic rings. The zero-order valence-corrected chi connectivity index (χ0v) is 11.8. The molecule has 1 N–H and O–H groups in total. The molecule has 19 heavy (non-hydrogen) atoms. The summed E-state index contributed by atoms with van der Waals surface area (Å²) >= 11 is 11.7. The molecular weight excluding hydrogens is 305 g/mol. The van der Waals surface area contributed by atoms with E-state index in [9.17, 15) is 17.6 Å². The van der Waals surface area contributed by atoms with Crippen molar-refractivity contribution < 1.29 is 17.6 Å². The Balaban J connectivity index is 2.84. The van der Waals surface area contributed by atoms with E-state index in [0.29, 0.717) is 0 Å². The fourth-order valence-electron chi connectivity index (χ4n) is 1.86. The third kappa shape index (κ3) is 4.82. The smallest absolute Gasteiger partial charge is 0.307 e. The zero-order valence-electron chi connectivity index (χ0n) is 10.3. The molecule has 0 aromatic heterocycles. The standard InChI is InChI=1S/C12H13Cl2F4N/c1-6(5-12(16,17)18)19-7(2)10-8(13)3-4-9(15)11(10)14/h3-4,6-7,19H,5H2,1-2H3. The molecule has 0 heterocycles. The third-order valence-electron chi connectivity index (χ3n) is 2.58. The number of rotatable bonds is 4. The fraction of sp³-hybridized carbons (Fsp3) is 0.500. The first-order valence-electron chi connectivity index (χ1n) is 5.58. The molecule has 0 aliphatic carbocycles. The van der Waals surface area contributed by atoms with Gasteiger partial charge in [-0.05, 0) is 26.0 Å². The lowest BCUT2D eigenvalue weighted by Gasteiger charge is -2.23. The Morgan fingerprint density at radius 1 is 1.21 bits per heavy atom. The second-order valence-electron chi connectivity index (χ2n) is 4.37. The number of nitrogens with one attached hydrogen (secondary N) is 1. The molecule has 2 unspecified atom stereocenters. The molecule has 0 bridgehead atoms. The Morgan fingerprint density at radius 3 is 2.32 bits per heavy atom. The van der Waals surface area contributed by atoms with Crippen LogP contribution < -0.4 is 5.32 Å². The van der Waals surface area contributed by atoms with Gasteiger partial charge in [-0.15, -0.1) is 0 Å². The Kier molecular flexibility index (Phi) is 5.47. The van der Waals surface area contributed by atoms with E-state index in [1.165, 1.54) is 13.0 Å². The Labute approximate surface area is 118 Å². The van der Waals surface area contributed by atoms with E-state index in [1.807, 2.05) is 0 Å². The van der Waals surface area contributed by atoms with Gasteiger partial charge in [0.1, 0.15) is 5.82 Å². The zero-order chi connectivity index (χ0) is 14.8. The summed E-state index contributed by atoms with van der Waals surface area (Å²) in [5.41, 5.74) is 0.261. The van der Waals surface area contributed by atoms with Crippen molar-refractivity contribution in [3.05, 3.63) is 33.6 Å². The van der Waals surface area contributed by atoms with E-state index < -0.39 is 30.5 Å². The maximum atomic E-state index is 13.3. The van der Waals surface area contributed by atoms with Gasteiger partial charge in [-0.1, -0.05) is 23.2 Å². The highest BCUT2D eigenvalue weighted by Crippen LogP contribution is 2.33. The van der Waals surface area contributed by atoms with Crippen molar-refractivity contribution in [3.8, 4) is 0 Å². The van der Waals surface area contributed by atoms with Gasteiger partial charge in [-0.2, -0.15) is 13.2 Å². The van der Waals surface area contributed by atoms with E-state index in [1.54, 1.807) is 6.92 Å². The molecule has 0 fully saturated rings. The monoisotopic (exact) mass is 317 g/mol. The minimum atomic E-state index is -4.26. The summed E-state index contributed by atoms with van der Waals surface area (Å²) < 4.78 is 50.0. The maximum Gasteiger partial charge on any atom is 0.390 e. The summed E-state index contributed by atoms with van der Waals surface area (Å²) in [7, 11) is 0. The van der Waals surface area contributed by atoms with Gasteiger partial charge < -0.3 is 5.32 Å². The predicted molar refractivity (Wildman–Crippen MR) is 68.1 cm³/mol. The molecule has 1 nitrogen and oxygen atoms in total. The lowest BCUT2D eigenvalue weighted by molar-refractivity contribution is -0.139. The topological polar surface area (TPSA) is 12.0 Å². The maximum absolute atomic E-state index is 13.3. The molecule has 7 heteroatoms. The SMILES string of the molecule is CC(CC(F)(F)F)NC(C)c1c(Cl)ccc(F)c1Cl. The van der Waals surface area contributed by atoms with Gasteiger partial charge in [0, 0.05) is 22.7 Å². The second-order valence-corrected chi connectivity index (χ2v) is 5.15. The Morgan fingerprint density at radius 2 is 1.79 bits per heavy atom. The van der Waals surface area contributed by atoms with Crippen molar-refractivity contribution in [3.63, 3.8) is 0 Å². The molecule has 0 amide bonds. The number of benzene rings is 1. The van der Waals surface area contributed by atoms with Gasteiger partial charge in [0.25, 0.3) is 0 Å². The van der Waals surface area contributed by atoms with Crippen molar-refractivity contribution in [2.45, 2.75) is 38.5 Å². The van der Waals surface area contributed by atoms with Crippen LogP contribution in [-0.4, -0.2) is 12.2 Å². The summed E-state index contributed by atoms with van der Waals surface area (Å²) in [5, 5.41) is 2.75. The number of alkyl halides is 3. The third-order valence-corrected chi connectivity index (χ3v) is 3.30. The molecule has 1 aromatic carbocycles. The van der Waals surface area contributed by atoms with Crippen molar-refractivity contribution in [2.75, 3.05) is 0 Å². The van der Waals surface area contributed by atoms with Crippen molar-refractivity contribution in [2.24, 2.45) is 0 Å². The Hall–Kier alpha value is -0.520. The molecule has 2 atom stereocenters. The van der Waals surface area contributed by atoms with E-state index in [-0.39, 0.29) is 15.6 Å². The van der Waals surface area contributed by atoms with Gasteiger partial charge in [0.2, 0.25) is 0 Å². The quantitative estimate of drug-likeness (QED) is 0.600. The molecule has 0 aliphatic heterocycles. The minimum Gasteiger partial charge on any atom is -0.307 e. The minimum absolute atomic E-state index is 0.174. The lowest BCUT2D eigenvalue weighted by Crippen LogP contribution is -2.33. The van der Waals surface area contributed by atoms with Crippen molar-refractivity contribution in [1.82, 2.24) is 5.32 Å². The molecule has 0 saturated carbocycles. The van der Waals surface area contributed by atoms with Gasteiger partial charge in [0.15, 0.2) is 0 Å². The molecule has 1 aromatic rings. The summed E-state index contributed by atoms with van der Waals surface area (Å²) in [4.78, 5) is 0. The van der Waals surface area contributed by atoms with Crippen LogP contribution in [0.15, 0.2) is 12.1 Å². The highest BCUT2D eigenvalue weighted by Gasteiger charge is 2.31. The first-order valence-corrected chi connectivity index (χ1v) is 6.33. The van der Waals surface area contributed by atoms with E-state index >= 15 is 0 Å². The van der Waals surface area contributed by atoms with Gasteiger partial charge >= 0.3 is 6.18 Å². The molecule has 0 radical (unpaired) electrons. The molecule has 0 saturated heterocycles. The van der Waals surface area contributed by atoms with Crippen molar-refractivity contribution in [1.29, 1.82) is 0 Å². The van der Waals surface area contributed by atoms with Crippen LogP contribution in [0.3, 0.4) is 0 Å². The average Bonchev–Trinajstić information content (AvgIpc) is 2.21. The Bertz CT molecular complexity index is 448. The van der Waals surface area contributed by atoms with Crippen LogP contribution in [0.1, 0.15) is 31.9 Å². The van der Waals surface area contributed by atoms with E-state index in [0.717, 1.165) is 6.07 Å². The summed E-state index contributed by atoms with van der Waals surface area (Å²) in [6.07, 6.45) is -5.25. The highest BCUT2D eigenvalue weighted by atomic mass is 35.5. The summed E-state index contributed by atoms with van der Waals surface area (Å²) in [6, 6.07) is 1.02. The first-order chi connectivity index (χ1) is 8.61. The van der Waals surface area contributed by atoms with Crippen LogP contribution in [0.25, 0.3) is 0 Å². The van der Waals surface area contributed by atoms with Crippen LogP contribution in [0.4, 0.5) is 17.6 Å². The van der Waals surface area contributed by atoms with Gasteiger partial charge in [-0.3, -0.25) is 0 Å². The first kappa shape index (κ1) is 16.5. The number of hydrogen-bond acceptors (Lipinski definition) is 1. The lowest BCUT2D eigenvalue weighted by atomic mass is 10.1. The van der Waals surface area contributed by atoms with Crippen LogP contribution in [0, 0.1) is 5.82 Å². The molecular formula is C12H13Cl2F4N. The van der Waals surface area contributed by atoms with E-state index in [2.05, 4.69) is 5.32 Å². The van der Waals surface area contributed by atoms with Crippen molar-refractivity contribution >= 4 is 23.2 Å². The summed E-state index contributed by atoms with van der Waals surface area (Å²) in [6.45, 7) is 2.98. The van der Waals surface area contributed by atoms with Crippen LogP contribution >= 0.6 is 23.2 Å². The number of hydrogen-bond donors (Lipinski definition) is 1. The molecule has 0 spiro atoms. The predicted octanol–water partition coefficient (Wildman–Crippen LogP) is 5.12. The van der Waals surface area contributed by atoms with Crippen LogP contribution in [0.5, 0.6) is 0 Å². The molecule has 108 valence electrons. The van der Waals surface area contributed by atoms with Crippen LogP contribution in [0.2, 0.25) is 10.0 Å². The van der Waals surface area contributed by atoms with Crippen LogP contribution in [-0.2, 0) is 0 Å². The highest BCUT2D eigenvalue weighted by molar-refractivity contribution is 6.36. The largest absolute Gasteiger partial charge is 0.390 e. The van der Waals surface area contributed by atoms with E-state index in [4.69, 9.17) is 23.2 Å². The summed E-state index contributed by atoms with van der Waals surface area (Å²) in [5.74, 6) is -0.654. The fourth-order valence-corrected chi connectivity index (χ4v) is 2.55.